The molecule has 144 valence electrons. The molecular formula is C22H22N2O4. The predicted molar refractivity (Wildman–Crippen MR) is 108 cm³/mol. The second-order valence-corrected chi connectivity index (χ2v) is 6.38. The third-order valence-electron chi connectivity index (χ3n) is 4.24. The van der Waals surface area contributed by atoms with Gasteiger partial charge < -0.3 is 19.8 Å². The van der Waals surface area contributed by atoms with Crippen molar-refractivity contribution in [2.45, 2.75) is 19.8 Å². The molecule has 1 heterocycles. The first-order chi connectivity index (χ1) is 13.5. The van der Waals surface area contributed by atoms with Crippen molar-refractivity contribution in [3.63, 3.8) is 0 Å². The number of furan rings is 1. The minimum absolute atomic E-state index is 0.131. The van der Waals surface area contributed by atoms with Gasteiger partial charge in [-0.15, -0.1) is 0 Å². The number of ether oxygens (including phenoxy) is 1. The number of benzene rings is 2. The van der Waals surface area contributed by atoms with Gasteiger partial charge in [0, 0.05) is 6.42 Å². The Balaban J connectivity index is 1.64. The van der Waals surface area contributed by atoms with Gasteiger partial charge in [0.25, 0.3) is 5.91 Å². The maximum atomic E-state index is 12.4. The number of methoxy groups -OCH3 is 1. The van der Waals surface area contributed by atoms with E-state index in [2.05, 4.69) is 10.6 Å². The van der Waals surface area contributed by atoms with Gasteiger partial charge in [-0.25, -0.2) is 0 Å². The summed E-state index contributed by atoms with van der Waals surface area (Å²) in [5.41, 5.74) is 3.08. The highest BCUT2D eigenvalue weighted by Gasteiger charge is 2.13. The molecule has 0 unspecified atom stereocenters. The summed E-state index contributed by atoms with van der Waals surface area (Å²) in [4.78, 5) is 24.7. The molecule has 0 aliphatic rings. The summed E-state index contributed by atoms with van der Waals surface area (Å²) in [6.45, 7) is 1.91. The van der Waals surface area contributed by atoms with Crippen molar-refractivity contribution in [1.82, 2.24) is 0 Å². The second kappa shape index (κ2) is 8.90. The van der Waals surface area contributed by atoms with Gasteiger partial charge in [0.15, 0.2) is 5.76 Å². The molecule has 0 saturated heterocycles. The standard InChI is InChI=1S/C22H22N2O4/c1-15-5-11-18(19(14-15)24-22(26)20-4-3-13-28-20)23-21(25)12-8-16-6-9-17(27-2)10-7-16/h3-7,9-11,13-14H,8,12H2,1-2H3,(H,23,25)(H,24,26). The Hall–Kier alpha value is -3.54. The fourth-order valence-corrected chi connectivity index (χ4v) is 2.72. The minimum atomic E-state index is -0.371. The molecule has 0 aliphatic carbocycles. The fourth-order valence-electron chi connectivity index (χ4n) is 2.72. The molecule has 28 heavy (non-hydrogen) atoms. The average molecular weight is 378 g/mol. The largest absolute Gasteiger partial charge is 0.497 e. The summed E-state index contributed by atoms with van der Waals surface area (Å²) in [5.74, 6) is 0.487. The number of hydrogen-bond donors (Lipinski definition) is 2. The first kappa shape index (κ1) is 19.2. The van der Waals surface area contributed by atoms with Gasteiger partial charge >= 0.3 is 0 Å². The predicted octanol–water partition coefficient (Wildman–Crippen LogP) is 4.42. The highest BCUT2D eigenvalue weighted by Crippen LogP contribution is 2.24. The lowest BCUT2D eigenvalue weighted by Gasteiger charge is -2.13. The fraction of sp³-hybridized carbons (Fsp3) is 0.182. The summed E-state index contributed by atoms with van der Waals surface area (Å²) in [5, 5.41) is 5.66. The maximum absolute atomic E-state index is 12.4. The van der Waals surface area contributed by atoms with E-state index < -0.39 is 0 Å². The summed E-state index contributed by atoms with van der Waals surface area (Å²) in [6.07, 6.45) is 2.37. The molecule has 3 aromatic rings. The third kappa shape index (κ3) is 5.01. The van der Waals surface area contributed by atoms with Gasteiger partial charge in [0.2, 0.25) is 5.91 Å². The van der Waals surface area contributed by atoms with E-state index in [1.54, 1.807) is 31.4 Å². The van der Waals surface area contributed by atoms with Crippen LogP contribution in [0.25, 0.3) is 0 Å². The molecule has 2 N–H and O–H groups in total. The summed E-state index contributed by atoms with van der Waals surface area (Å²) in [6, 6.07) is 16.3. The van der Waals surface area contributed by atoms with Crippen molar-refractivity contribution in [3.8, 4) is 5.75 Å². The first-order valence-corrected chi connectivity index (χ1v) is 8.93. The van der Waals surface area contributed by atoms with E-state index in [1.807, 2.05) is 37.3 Å². The lowest BCUT2D eigenvalue weighted by molar-refractivity contribution is -0.116. The molecule has 6 heteroatoms. The van der Waals surface area contributed by atoms with Gasteiger partial charge in [-0.2, -0.15) is 0 Å². The van der Waals surface area contributed by atoms with Crippen LogP contribution in [0.2, 0.25) is 0 Å². The van der Waals surface area contributed by atoms with E-state index in [0.29, 0.717) is 24.2 Å². The third-order valence-corrected chi connectivity index (χ3v) is 4.24. The van der Waals surface area contributed by atoms with Crippen LogP contribution in [0, 0.1) is 6.92 Å². The van der Waals surface area contributed by atoms with Crippen molar-refractivity contribution in [3.05, 3.63) is 77.7 Å². The number of hydrogen-bond acceptors (Lipinski definition) is 4. The Morgan fingerprint density at radius 1 is 1.00 bits per heavy atom. The van der Waals surface area contributed by atoms with E-state index in [0.717, 1.165) is 16.9 Å². The maximum Gasteiger partial charge on any atom is 0.291 e. The molecule has 2 amide bonds. The van der Waals surface area contributed by atoms with Gasteiger partial charge in [-0.1, -0.05) is 18.2 Å². The van der Waals surface area contributed by atoms with Crippen molar-refractivity contribution in [2.75, 3.05) is 17.7 Å². The molecule has 0 atom stereocenters. The quantitative estimate of drug-likeness (QED) is 0.638. The molecule has 0 spiro atoms. The van der Waals surface area contributed by atoms with Crippen LogP contribution >= 0.6 is 0 Å². The van der Waals surface area contributed by atoms with Crippen LogP contribution in [0.1, 0.15) is 28.1 Å². The number of carbonyl (C=O) groups excluding carboxylic acids is 2. The second-order valence-electron chi connectivity index (χ2n) is 6.38. The lowest BCUT2D eigenvalue weighted by Crippen LogP contribution is -2.17. The van der Waals surface area contributed by atoms with E-state index in [-0.39, 0.29) is 17.6 Å². The van der Waals surface area contributed by atoms with Crippen molar-refractivity contribution in [1.29, 1.82) is 0 Å². The van der Waals surface area contributed by atoms with Crippen molar-refractivity contribution < 1.29 is 18.7 Å². The summed E-state index contributed by atoms with van der Waals surface area (Å²) in [7, 11) is 1.62. The molecule has 2 aromatic carbocycles. The number of aryl methyl sites for hydroxylation is 2. The SMILES string of the molecule is COc1ccc(CCC(=O)Nc2ccc(C)cc2NC(=O)c2ccco2)cc1. The van der Waals surface area contributed by atoms with Gasteiger partial charge in [-0.05, 0) is 60.9 Å². The van der Waals surface area contributed by atoms with Crippen LogP contribution in [-0.2, 0) is 11.2 Å². The normalized spacial score (nSPS) is 10.4. The summed E-state index contributed by atoms with van der Waals surface area (Å²) < 4.78 is 10.2. The topological polar surface area (TPSA) is 80.6 Å². The minimum Gasteiger partial charge on any atom is -0.497 e. The Kier molecular flexibility index (Phi) is 6.11. The van der Waals surface area contributed by atoms with E-state index in [9.17, 15) is 9.59 Å². The average Bonchev–Trinajstić information content (AvgIpc) is 3.24. The Bertz CT molecular complexity index is 947. The zero-order valence-electron chi connectivity index (χ0n) is 15.8. The molecule has 3 rings (SSSR count). The number of carbonyl (C=O) groups is 2. The van der Waals surface area contributed by atoms with Gasteiger partial charge in [0.1, 0.15) is 5.75 Å². The molecule has 0 saturated carbocycles. The zero-order valence-corrected chi connectivity index (χ0v) is 15.8. The Morgan fingerprint density at radius 2 is 1.79 bits per heavy atom. The van der Waals surface area contributed by atoms with E-state index in [4.69, 9.17) is 9.15 Å². The van der Waals surface area contributed by atoms with Crippen LogP contribution in [0.5, 0.6) is 5.75 Å². The number of nitrogens with one attached hydrogen (secondary N) is 2. The Labute approximate surface area is 163 Å². The van der Waals surface area contributed by atoms with Crippen LogP contribution in [0.15, 0.2) is 65.3 Å². The molecular weight excluding hydrogens is 356 g/mol. The molecule has 0 fully saturated rings. The molecule has 6 nitrogen and oxygen atoms in total. The smallest absolute Gasteiger partial charge is 0.291 e. The molecule has 1 aromatic heterocycles. The highest BCUT2D eigenvalue weighted by atomic mass is 16.5. The molecule has 0 aliphatic heterocycles. The summed E-state index contributed by atoms with van der Waals surface area (Å²) >= 11 is 0. The molecule has 0 bridgehead atoms. The van der Waals surface area contributed by atoms with Gasteiger partial charge in [0.05, 0.1) is 24.7 Å². The van der Waals surface area contributed by atoms with Crippen LogP contribution < -0.4 is 15.4 Å². The van der Waals surface area contributed by atoms with E-state index in [1.165, 1.54) is 6.26 Å². The van der Waals surface area contributed by atoms with Crippen LogP contribution in [0.3, 0.4) is 0 Å². The monoisotopic (exact) mass is 378 g/mol. The number of rotatable bonds is 7. The zero-order chi connectivity index (χ0) is 19.9. The van der Waals surface area contributed by atoms with Crippen molar-refractivity contribution in [2.24, 2.45) is 0 Å². The van der Waals surface area contributed by atoms with Crippen LogP contribution in [0.4, 0.5) is 11.4 Å². The number of amides is 2. The number of anilines is 2. The molecule has 0 radical (unpaired) electrons. The Morgan fingerprint density at radius 3 is 2.46 bits per heavy atom. The lowest BCUT2D eigenvalue weighted by atomic mass is 10.1. The first-order valence-electron chi connectivity index (χ1n) is 8.93. The van der Waals surface area contributed by atoms with E-state index >= 15 is 0 Å². The van der Waals surface area contributed by atoms with Crippen molar-refractivity contribution >= 4 is 23.2 Å². The highest BCUT2D eigenvalue weighted by molar-refractivity contribution is 6.05. The van der Waals surface area contributed by atoms with Crippen LogP contribution in [-0.4, -0.2) is 18.9 Å². The van der Waals surface area contributed by atoms with Gasteiger partial charge in [-0.3, -0.25) is 9.59 Å².